The smallest absolute Gasteiger partial charge is 0.338 e. The highest BCUT2D eigenvalue weighted by molar-refractivity contribution is 7.03. The average Bonchev–Trinajstić information content (AvgIpc) is 3.43. The van der Waals surface area contributed by atoms with Crippen LogP contribution in [0.3, 0.4) is 0 Å². The van der Waals surface area contributed by atoms with Crippen LogP contribution in [0.5, 0.6) is 0 Å². The van der Waals surface area contributed by atoms with E-state index >= 15 is 0 Å². The zero-order chi connectivity index (χ0) is 26.2. The van der Waals surface area contributed by atoms with Gasteiger partial charge in [-0.3, -0.25) is 0 Å². The van der Waals surface area contributed by atoms with Crippen LogP contribution in [0.15, 0.2) is 72.1 Å². The number of esters is 1. The molecule has 37 heavy (non-hydrogen) atoms. The van der Waals surface area contributed by atoms with Crippen molar-refractivity contribution in [2.75, 3.05) is 6.54 Å². The minimum atomic E-state index is -0.740. The Balaban J connectivity index is 1.46. The van der Waals surface area contributed by atoms with Crippen LogP contribution in [0, 0.1) is 11.6 Å². The molecule has 6 nitrogen and oxygen atoms in total. The van der Waals surface area contributed by atoms with Crippen molar-refractivity contribution in [1.29, 1.82) is 0 Å². The summed E-state index contributed by atoms with van der Waals surface area (Å²) in [6.45, 7) is 2.92. The predicted octanol–water partition coefficient (Wildman–Crippen LogP) is 4.93. The lowest BCUT2D eigenvalue weighted by Gasteiger charge is -2.25. The number of halogens is 2. The summed E-state index contributed by atoms with van der Waals surface area (Å²) in [6.07, 6.45) is 0.326. The molecule has 9 heteroatoms. The van der Waals surface area contributed by atoms with Crippen LogP contribution >= 0.6 is 11.5 Å². The number of carbonyl (C=O) groups is 1. The molecule has 4 aromatic rings. The second-order valence-corrected chi connectivity index (χ2v) is 9.37. The van der Waals surface area contributed by atoms with Gasteiger partial charge in [-0.15, -0.1) is 5.10 Å². The van der Waals surface area contributed by atoms with Gasteiger partial charge in [0, 0.05) is 36.1 Å². The Labute approximate surface area is 218 Å². The quantitative estimate of drug-likeness (QED) is 0.272. The molecule has 0 saturated carbocycles. The second-order valence-electron chi connectivity index (χ2n) is 8.76. The second kappa shape index (κ2) is 12.6. The van der Waals surface area contributed by atoms with Gasteiger partial charge in [0.25, 0.3) is 0 Å². The highest BCUT2D eigenvalue weighted by Gasteiger charge is 2.24. The summed E-state index contributed by atoms with van der Waals surface area (Å²) in [5, 5.41) is 9.16. The number of hydrogen-bond acceptors (Lipinski definition) is 7. The summed E-state index contributed by atoms with van der Waals surface area (Å²) in [5.74, 6) is -1.90. The van der Waals surface area contributed by atoms with Crippen molar-refractivity contribution in [2.45, 2.75) is 38.5 Å². The number of nitrogens with one attached hydrogen (secondary N) is 1. The zero-order valence-electron chi connectivity index (χ0n) is 20.4. The van der Waals surface area contributed by atoms with E-state index in [1.807, 2.05) is 17.5 Å². The number of aryl methyl sites for hydroxylation is 1. The molecule has 0 aliphatic rings. The van der Waals surface area contributed by atoms with Gasteiger partial charge >= 0.3 is 5.97 Å². The first-order valence-corrected chi connectivity index (χ1v) is 12.8. The molecule has 0 unspecified atom stereocenters. The first kappa shape index (κ1) is 26.5. The van der Waals surface area contributed by atoms with Crippen molar-refractivity contribution < 1.29 is 18.3 Å². The molecular formula is C28H28F2N4O2S. The molecule has 0 saturated heterocycles. The number of rotatable bonds is 11. The minimum absolute atomic E-state index is 0.134. The Kier molecular flexibility index (Phi) is 9.05. The standard InChI is InChI=1S/C28H28F2N4O2S/c1-2-18-4-3-5-19(10-18)15-32-16-27(25(31)13-20-11-23(29)14-24(30)12-20)36-28(35)22-8-6-21(7-9-22)26-17-37-34-33-26/h3-12,14,17,25,27,32H,2,13,15-16,31H2,1H3/t25-,27+/m0/s1. The highest BCUT2D eigenvalue weighted by Crippen LogP contribution is 2.19. The summed E-state index contributed by atoms with van der Waals surface area (Å²) in [5.41, 5.74) is 11.0. The molecule has 3 aromatic carbocycles. The van der Waals surface area contributed by atoms with E-state index < -0.39 is 29.7 Å². The average molecular weight is 523 g/mol. The third-order valence-electron chi connectivity index (χ3n) is 5.98. The number of hydrogen-bond donors (Lipinski definition) is 2. The van der Waals surface area contributed by atoms with Gasteiger partial charge in [-0.05, 0) is 65.3 Å². The predicted molar refractivity (Wildman–Crippen MR) is 140 cm³/mol. The summed E-state index contributed by atoms with van der Waals surface area (Å²) >= 11 is 1.25. The van der Waals surface area contributed by atoms with E-state index in [2.05, 4.69) is 34.0 Å². The number of carbonyl (C=O) groups excluding carboxylic acids is 1. The number of nitrogens with two attached hydrogens (primary N) is 1. The molecule has 192 valence electrons. The molecule has 0 spiro atoms. The van der Waals surface area contributed by atoms with Crippen LogP contribution < -0.4 is 11.1 Å². The minimum Gasteiger partial charge on any atom is -0.456 e. The van der Waals surface area contributed by atoms with Crippen molar-refractivity contribution in [3.63, 3.8) is 0 Å². The fraction of sp³-hybridized carbons (Fsp3) is 0.250. The summed E-state index contributed by atoms with van der Waals surface area (Å²) in [7, 11) is 0. The van der Waals surface area contributed by atoms with Crippen LogP contribution in [-0.4, -0.2) is 34.2 Å². The van der Waals surface area contributed by atoms with Gasteiger partial charge in [0.15, 0.2) is 0 Å². The summed E-state index contributed by atoms with van der Waals surface area (Å²) in [6, 6.07) is 17.6. The molecule has 3 N–H and O–H groups in total. The normalized spacial score (nSPS) is 12.8. The Hall–Kier alpha value is -3.53. The Morgan fingerprint density at radius 1 is 1.03 bits per heavy atom. The molecule has 2 atom stereocenters. The Morgan fingerprint density at radius 3 is 2.43 bits per heavy atom. The van der Waals surface area contributed by atoms with Crippen LogP contribution in [0.2, 0.25) is 0 Å². The molecular weight excluding hydrogens is 494 g/mol. The first-order valence-electron chi connectivity index (χ1n) is 12.0. The molecule has 0 radical (unpaired) electrons. The first-order chi connectivity index (χ1) is 17.9. The van der Waals surface area contributed by atoms with E-state index in [-0.39, 0.29) is 13.0 Å². The molecule has 4 rings (SSSR count). The summed E-state index contributed by atoms with van der Waals surface area (Å²) < 4.78 is 37.1. The van der Waals surface area contributed by atoms with Crippen molar-refractivity contribution in [3.05, 3.63) is 106 Å². The molecule has 1 aromatic heterocycles. The van der Waals surface area contributed by atoms with Gasteiger partial charge in [0.05, 0.1) is 5.56 Å². The Bertz CT molecular complexity index is 1300. The molecule has 0 aliphatic heterocycles. The van der Waals surface area contributed by atoms with Crippen molar-refractivity contribution in [1.82, 2.24) is 14.9 Å². The lowest BCUT2D eigenvalue weighted by molar-refractivity contribution is 0.0238. The van der Waals surface area contributed by atoms with Gasteiger partial charge < -0.3 is 15.8 Å². The molecule has 1 heterocycles. The number of benzene rings is 3. The van der Waals surface area contributed by atoms with Crippen LogP contribution in [0.1, 0.15) is 34.0 Å². The largest absolute Gasteiger partial charge is 0.456 e. The number of aromatic nitrogens is 2. The summed E-state index contributed by atoms with van der Waals surface area (Å²) in [4.78, 5) is 13.0. The maximum absolute atomic E-state index is 13.7. The van der Waals surface area contributed by atoms with E-state index in [0.717, 1.165) is 29.3 Å². The fourth-order valence-corrected chi connectivity index (χ4v) is 4.47. The molecule has 0 aliphatic carbocycles. The van der Waals surface area contributed by atoms with Crippen LogP contribution in [-0.2, 0) is 24.1 Å². The lowest BCUT2D eigenvalue weighted by Crippen LogP contribution is -2.46. The van der Waals surface area contributed by atoms with E-state index in [9.17, 15) is 13.6 Å². The van der Waals surface area contributed by atoms with Crippen LogP contribution in [0.25, 0.3) is 11.3 Å². The zero-order valence-corrected chi connectivity index (χ0v) is 21.2. The van der Waals surface area contributed by atoms with E-state index in [0.29, 0.717) is 17.7 Å². The SMILES string of the molecule is CCc1cccc(CNC[C@@H](OC(=O)c2ccc(-c3csnn3)cc2)[C@@H](N)Cc2cc(F)cc(F)c2)c1. The van der Waals surface area contributed by atoms with E-state index in [1.165, 1.54) is 29.2 Å². The topological polar surface area (TPSA) is 90.1 Å². The van der Waals surface area contributed by atoms with Crippen molar-refractivity contribution in [3.8, 4) is 11.3 Å². The molecule has 0 amide bonds. The van der Waals surface area contributed by atoms with E-state index in [1.54, 1.807) is 24.3 Å². The Morgan fingerprint density at radius 2 is 1.76 bits per heavy atom. The van der Waals surface area contributed by atoms with Gasteiger partial charge in [-0.1, -0.05) is 47.8 Å². The maximum atomic E-state index is 13.7. The van der Waals surface area contributed by atoms with Gasteiger partial charge in [0.1, 0.15) is 23.4 Å². The van der Waals surface area contributed by atoms with Gasteiger partial charge in [0.2, 0.25) is 0 Å². The van der Waals surface area contributed by atoms with Gasteiger partial charge in [-0.25, -0.2) is 13.6 Å². The van der Waals surface area contributed by atoms with E-state index in [4.69, 9.17) is 10.5 Å². The van der Waals surface area contributed by atoms with Crippen LogP contribution in [0.4, 0.5) is 8.78 Å². The number of nitrogens with zero attached hydrogens (tertiary/aromatic N) is 2. The number of ether oxygens (including phenoxy) is 1. The van der Waals surface area contributed by atoms with Crippen molar-refractivity contribution >= 4 is 17.5 Å². The maximum Gasteiger partial charge on any atom is 0.338 e. The van der Waals surface area contributed by atoms with Crippen molar-refractivity contribution in [2.24, 2.45) is 5.73 Å². The highest BCUT2D eigenvalue weighted by atomic mass is 32.1. The third kappa shape index (κ3) is 7.48. The lowest BCUT2D eigenvalue weighted by atomic mass is 10.0. The van der Waals surface area contributed by atoms with Gasteiger partial charge in [-0.2, -0.15) is 0 Å². The third-order valence-corrected chi connectivity index (χ3v) is 6.48. The molecule has 0 bridgehead atoms. The monoisotopic (exact) mass is 522 g/mol. The molecule has 0 fully saturated rings. The fourth-order valence-electron chi connectivity index (χ4n) is 4.00.